The van der Waals surface area contributed by atoms with Crippen LogP contribution in [0.2, 0.25) is 25.1 Å². The Labute approximate surface area is 299 Å². The molecule has 0 saturated carbocycles. The van der Waals surface area contributed by atoms with Crippen LogP contribution in [0, 0.1) is 13.8 Å². The molecule has 0 aliphatic carbocycles. The van der Waals surface area contributed by atoms with E-state index in [-0.39, 0.29) is 42.4 Å². The monoisotopic (exact) mass is 756 g/mol. The van der Waals surface area contributed by atoms with Gasteiger partial charge in [-0.25, -0.2) is 0 Å². The van der Waals surface area contributed by atoms with E-state index in [0.717, 1.165) is 38.3 Å². The van der Waals surface area contributed by atoms with Gasteiger partial charge in [-0.3, -0.25) is 0 Å². The fourth-order valence-corrected chi connectivity index (χ4v) is 12.5. The van der Waals surface area contributed by atoms with E-state index in [1.54, 1.807) is 12.1 Å². The molecule has 0 atom stereocenters. The first-order valence-corrected chi connectivity index (χ1v) is 19.9. The minimum absolute atomic E-state index is 0.0376. The average molecular weight is 759 g/mol. The molecular weight excluding hydrogens is 725 g/mol. The van der Waals surface area contributed by atoms with Gasteiger partial charge in [0.15, 0.2) is 0 Å². The number of halogens is 5. The van der Waals surface area contributed by atoms with Crippen LogP contribution < -0.4 is 18.1 Å². The van der Waals surface area contributed by atoms with Crippen LogP contribution in [-0.2, 0) is 17.3 Å². The molecule has 244 valence electrons. The van der Waals surface area contributed by atoms with Gasteiger partial charge in [-0.1, -0.05) is 0 Å². The predicted molar refractivity (Wildman–Crippen MR) is 196 cm³/mol. The standard InChI is InChI=1S/C35H34Cl5O4PS/c1-18-13-20-17-21-14-19(2)16-25(35(6,7)8)31(21)42-45(46-23-11-9-22(36)10-12-23,41-30(20)24(15-18)34(3,4)5)43-32-28(39)26(37)27(38)29(40)33(32)44-45/h9-16H,17H2,1-8H3. The molecule has 0 aromatic heterocycles. The van der Waals surface area contributed by atoms with E-state index in [0.29, 0.717) is 22.9 Å². The van der Waals surface area contributed by atoms with Gasteiger partial charge in [-0.05, 0) is 0 Å². The minimum atomic E-state index is -5.03. The summed E-state index contributed by atoms with van der Waals surface area (Å²) in [5, 5.41) is 0.730. The molecule has 0 saturated heterocycles. The zero-order valence-corrected chi connectivity index (χ0v) is 32.2. The Balaban J connectivity index is 1.77. The Bertz CT molecular complexity index is 1800. The fourth-order valence-electron chi connectivity index (χ4n) is 5.70. The van der Waals surface area contributed by atoms with Crippen LogP contribution in [0.5, 0.6) is 23.0 Å². The van der Waals surface area contributed by atoms with Gasteiger partial charge in [0, 0.05) is 0 Å². The molecule has 0 bridgehead atoms. The van der Waals surface area contributed by atoms with Crippen molar-refractivity contribution in [2.45, 2.75) is 77.5 Å². The summed E-state index contributed by atoms with van der Waals surface area (Å²) in [5.41, 5.74) is 5.44. The number of aryl methyl sites for hydroxylation is 2. The summed E-state index contributed by atoms with van der Waals surface area (Å²) in [4.78, 5) is 0.719. The van der Waals surface area contributed by atoms with Crippen molar-refractivity contribution >= 4 is 76.1 Å². The molecule has 0 radical (unpaired) electrons. The van der Waals surface area contributed by atoms with Crippen molar-refractivity contribution in [2.24, 2.45) is 0 Å². The SMILES string of the molecule is Cc1cc2c(c(C(C)(C)C)c1)OP1(Sc3ccc(Cl)cc3)(Oc3c(cc(C)cc3C(C)(C)C)C2)Oc2c(Cl)c(Cl)c(Cl)c(Cl)c2O1. The molecule has 0 amide bonds. The van der Waals surface area contributed by atoms with E-state index in [2.05, 4.69) is 79.7 Å². The second-order valence-corrected chi connectivity index (χ2v) is 21.0. The van der Waals surface area contributed by atoms with Gasteiger partial charge in [0.2, 0.25) is 0 Å². The maximum absolute atomic E-state index is 7.34. The predicted octanol–water partition coefficient (Wildman–Crippen LogP) is 13.9. The Hall–Kier alpha value is -1.69. The van der Waals surface area contributed by atoms with Crippen LogP contribution in [0.1, 0.15) is 74.9 Å². The van der Waals surface area contributed by atoms with Crippen molar-refractivity contribution in [3.63, 3.8) is 0 Å². The molecule has 4 aromatic rings. The van der Waals surface area contributed by atoms with Crippen molar-refractivity contribution in [1.29, 1.82) is 0 Å². The van der Waals surface area contributed by atoms with Crippen molar-refractivity contribution in [1.82, 2.24) is 0 Å². The third kappa shape index (κ3) is 5.93. The van der Waals surface area contributed by atoms with Gasteiger partial charge < -0.3 is 0 Å². The summed E-state index contributed by atoms with van der Waals surface area (Å²) in [6.45, 7) is 12.0. The second-order valence-electron chi connectivity index (χ2n) is 13.8. The topological polar surface area (TPSA) is 36.9 Å². The van der Waals surface area contributed by atoms with Crippen LogP contribution in [0.4, 0.5) is 0 Å². The molecule has 2 heterocycles. The van der Waals surface area contributed by atoms with Crippen LogP contribution in [0.25, 0.3) is 0 Å². The van der Waals surface area contributed by atoms with Crippen molar-refractivity contribution in [3.8, 4) is 23.0 Å². The first kappa shape index (κ1) is 34.2. The first-order chi connectivity index (χ1) is 21.3. The Morgan fingerprint density at radius 2 is 0.957 bits per heavy atom. The Morgan fingerprint density at radius 1 is 0.565 bits per heavy atom. The molecule has 4 aromatic carbocycles. The van der Waals surface area contributed by atoms with E-state index in [9.17, 15) is 0 Å². The third-order valence-electron chi connectivity index (χ3n) is 7.83. The third-order valence-corrected chi connectivity index (χ3v) is 15.0. The van der Waals surface area contributed by atoms with Crippen molar-refractivity contribution < 1.29 is 18.1 Å². The van der Waals surface area contributed by atoms with E-state index in [1.807, 2.05) is 12.1 Å². The van der Waals surface area contributed by atoms with Crippen LogP contribution >= 0.6 is 76.1 Å². The quantitative estimate of drug-likeness (QED) is 0.116. The number of hydrogen-bond acceptors (Lipinski definition) is 5. The van der Waals surface area contributed by atoms with E-state index < -0.39 is 6.71 Å². The molecular formula is C35H34Cl5O4PS. The molecule has 2 aliphatic heterocycles. The molecule has 1 spiro atoms. The molecule has 11 heteroatoms. The molecule has 0 unspecified atom stereocenters. The van der Waals surface area contributed by atoms with Crippen molar-refractivity contribution in [2.75, 3.05) is 0 Å². The first-order valence-electron chi connectivity index (χ1n) is 14.7. The molecule has 0 N–H and O–H groups in total. The van der Waals surface area contributed by atoms with Crippen LogP contribution in [0.15, 0.2) is 53.4 Å². The molecule has 6 rings (SSSR count). The zero-order chi connectivity index (χ0) is 33.6. The van der Waals surface area contributed by atoms with Gasteiger partial charge in [-0.2, -0.15) is 0 Å². The molecule has 2 aliphatic rings. The second kappa shape index (κ2) is 11.4. The number of benzene rings is 4. The van der Waals surface area contributed by atoms with Gasteiger partial charge in [0.25, 0.3) is 0 Å². The summed E-state index contributed by atoms with van der Waals surface area (Å²) in [6.07, 6.45) is 0.560. The van der Waals surface area contributed by atoms with Gasteiger partial charge >= 0.3 is 302 Å². The summed E-state index contributed by atoms with van der Waals surface area (Å²) < 4.78 is 28.6. The molecule has 0 fully saturated rings. The fraction of sp³-hybridized carbons (Fsp3) is 0.314. The Morgan fingerprint density at radius 3 is 1.35 bits per heavy atom. The van der Waals surface area contributed by atoms with Gasteiger partial charge in [0.05, 0.1) is 0 Å². The summed E-state index contributed by atoms with van der Waals surface area (Å²) in [6, 6.07) is 15.9. The zero-order valence-electron chi connectivity index (χ0n) is 26.7. The van der Waals surface area contributed by atoms with Gasteiger partial charge in [0.1, 0.15) is 0 Å². The Kier molecular flexibility index (Phi) is 8.50. The van der Waals surface area contributed by atoms with Gasteiger partial charge in [-0.15, -0.1) is 0 Å². The van der Waals surface area contributed by atoms with Crippen LogP contribution in [0.3, 0.4) is 0 Å². The summed E-state index contributed by atoms with van der Waals surface area (Å²) >= 11 is 34.3. The molecule has 4 nitrogen and oxygen atoms in total. The van der Waals surface area contributed by atoms with Crippen molar-refractivity contribution in [3.05, 3.63) is 107 Å². The maximum atomic E-state index is 7.34. The number of rotatable bonds is 2. The number of hydrogen-bond donors (Lipinski definition) is 0. The van der Waals surface area contributed by atoms with E-state index in [1.165, 1.54) is 11.4 Å². The van der Waals surface area contributed by atoms with E-state index in [4.69, 9.17) is 76.1 Å². The van der Waals surface area contributed by atoms with Crippen LogP contribution in [-0.4, -0.2) is 0 Å². The summed E-state index contributed by atoms with van der Waals surface area (Å²) in [7, 11) is 0. The summed E-state index contributed by atoms with van der Waals surface area (Å²) in [5.74, 6) is 1.41. The normalized spacial score (nSPS) is 17.1. The van der Waals surface area contributed by atoms with E-state index >= 15 is 0 Å². The number of fused-ring (bicyclic) bond motifs is 3. The average Bonchev–Trinajstić information content (AvgIpc) is 3.29. The molecule has 46 heavy (non-hydrogen) atoms.